The van der Waals surface area contributed by atoms with Crippen molar-refractivity contribution >= 4 is 29.0 Å². The molecule has 4 atom stereocenters. The first-order chi connectivity index (χ1) is 9.22. The number of carbonyl (C=O) groups excluding carboxylic acids is 1. The monoisotopic (exact) mass is 296 g/mol. The highest BCUT2D eigenvalue weighted by Gasteiger charge is 2.42. The molecule has 2 saturated carbocycles. The lowest BCUT2D eigenvalue weighted by Gasteiger charge is -2.28. The Morgan fingerprint density at radius 1 is 1.58 bits per heavy atom. The fourth-order valence-corrected chi connectivity index (χ4v) is 5.17. The number of fused-ring (bicyclic) bond motifs is 2. The molecule has 2 bridgehead atoms. The minimum atomic E-state index is 0.149. The van der Waals surface area contributed by atoms with Gasteiger partial charge in [0, 0.05) is 17.6 Å². The summed E-state index contributed by atoms with van der Waals surface area (Å²) in [7, 11) is 0. The van der Waals surface area contributed by atoms with Crippen molar-refractivity contribution in [2.45, 2.75) is 43.0 Å². The molecule has 1 amide bonds. The number of thiazole rings is 1. The van der Waals surface area contributed by atoms with Gasteiger partial charge in [0.1, 0.15) is 4.34 Å². The van der Waals surface area contributed by atoms with Gasteiger partial charge in [0.2, 0.25) is 5.91 Å². The summed E-state index contributed by atoms with van der Waals surface area (Å²) in [5.41, 5.74) is 0. The Hall–Kier alpha value is -0.550. The van der Waals surface area contributed by atoms with Crippen molar-refractivity contribution in [1.29, 1.82) is 0 Å². The number of aromatic nitrogens is 1. The van der Waals surface area contributed by atoms with Crippen molar-refractivity contribution in [3.8, 4) is 0 Å². The number of rotatable bonds is 5. The fourth-order valence-electron chi connectivity index (χ4n) is 3.72. The van der Waals surface area contributed by atoms with Gasteiger partial charge in [0.25, 0.3) is 0 Å². The molecule has 19 heavy (non-hydrogen) atoms. The molecule has 2 aliphatic rings. The average molecular weight is 296 g/mol. The molecule has 1 heterocycles. The molecule has 2 fully saturated rings. The summed E-state index contributed by atoms with van der Waals surface area (Å²) in [5.74, 6) is 3.16. The summed E-state index contributed by atoms with van der Waals surface area (Å²) in [5, 5.41) is 5.13. The summed E-state index contributed by atoms with van der Waals surface area (Å²) in [6, 6.07) is 0.333. The van der Waals surface area contributed by atoms with Crippen LogP contribution in [0.2, 0.25) is 0 Å². The molecule has 0 saturated heterocycles. The zero-order valence-corrected chi connectivity index (χ0v) is 12.8. The second-order valence-electron chi connectivity index (χ2n) is 5.78. The van der Waals surface area contributed by atoms with Crippen LogP contribution in [0.5, 0.6) is 0 Å². The summed E-state index contributed by atoms with van der Waals surface area (Å²) < 4.78 is 0.975. The third-order valence-corrected chi connectivity index (χ3v) is 6.53. The lowest BCUT2D eigenvalue weighted by molar-refractivity contribution is -0.119. The normalized spacial score (nSPS) is 30.5. The van der Waals surface area contributed by atoms with E-state index in [-0.39, 0.29) is 5.91 Å². The van der Waals surface area contributed by atoms with E-state index in [0.717, 1.165) is 16.2 Å². The topological polar surface area (TPSA) is 42.0 Å². The molecule has 3 nitrogen and oxygen atoms in total. The van der Waals surface area contributed by atoms with Crippen molar-refractivity contribution in [3.05, 3.63) is 11.6 Å². The number of nitrogens with one attached hydrogen (secondary N) is 1. The summed E-state index contributed by atoms with van der Waals surface area (Å²) in [4.78, 5) is 16.1. The van der Waals surface area contributed by atoms with Gasteiger partial charge in [-0.3, -0.25) is 4.79 Å². The number of carbonyl (C=O) groups is 1. The maximum Gasteiger partial charge on any atom is 0.230 e. The van der Waals surface area contributed by atoms with E-state index in [9.17, 15) is 4.79 Å². The van der Waals surface area contributed by atoms with Crippen LogP contribution >= 0.6 is 23.1 Å². The molecule has 1 aromatic heterocycles. The Morgan fingerprint density at radius 3 is 3.11 bits per heavy atom. The van der Waals surface area contributed by atoms with E-state index in [2.05, 4.69) is 17.2 Å². The first kappa shape index (κ1) is 13.4. The highest BCUT2D eigenvalue weighted by atomic mass is 32.2. The van der Waals surface area contributed by atoms with Crippen LogP contribution in [0.15, 0.2) is 15.9 Å². The van der Waals surface area contributed by atoms with Crippen LogP contribution in [0.3, 0.4) is 0 Å². The number of thioether (sulfide) groups is 1. The Labute approximate surface area is 122 Å². The molecular formula is C14H20N2OS2. The van der Waals surface area contributed by atoms with Gasteiger partial charge in [-0.25, -0.2) is 4.98 Å². The number of hydrogen-bond donors (Lipinski definition) is 1. The van der Waals surface area contributed by atoms with Gasteiger partial charge in [0.15, 0.2) is 0 Å². The largest absolute Gasteiger partial charge is 0.353 e. The zero-order chi connectivity index (χ0) is 13.2. The molecule has 0 unspecified atom stereocenters. The van der Waals surface area contributed by atoms with Gasteiger partial charge in [-0.05, 0) is 43.9 Å². The van der Waals surface area contributed by atoms with Gasteiger partial charge < -0.3 is 5.32 Å². The van der Waals surface area contributed by atoms with E-state index in [4.69, 9.17) is 0 Å². The van der Waals surface area contributed by atoms with Crippen LogP contribution in [0, 0.1) is 17.8 Å². The van der Waals surface area contributed by atoms with Crippen LogP contribution in [0.1, 0.15) is 32.6 Å². The van der Waals surface area contributed by atoms with Crippen molar-refractivity contribution in [1.82, 2.24) is 10.3 Å². The smallest absolute Gasteiger partial charge is 0.230 e. The Morgan fingerprint density at radius 2 is 2.47 bits per heavy atom. The van der Waals surface area contributed by atoms with E-state index in [0.29, 0.717) is 17.7 Å². The molecule has 1 N–H and O–H groups in total. The van der Waals surface area contributed by atoms with Crippen LogP contribution < -0.4 is 5.32 Å². The SMILES string of the molecule is C[C@@H](NC(=O)CSc1nccs1)[C@@H]1C[C@H]2CC[C@H]1C2. The van der Waals surface area contributed by atoms with Gasteiger partial charge >= 0.3 is 0 Å². The molecule has 1 aromatic rings. The standard InChI is InChI=1S/C14H20N2OS2/c1-9(12-7-10-2-3-11(12)6-10)16-13(17)8-19-14-15-4-5-18-14/h4-5,9-12H,2-3,6-8H2,1H3,(H,16,17)/t9-,10+,11+,12+/m1/s1. The van der Waals surface area contributed by atoms with Crippen molar-refractivity contribution in [2.24, 2.45) is 17.8 Å². The first-order valence-electron chi connectivity index (χ1n) is 7.04. The predicted octanol–water partition coefficient (Wildman–Crippen LogP) is 3.18. The predicted molar refractivity (Wildman–Crippen MR) is 79.4 cm³/mol. The molecule has 104 valence electrons. The second kappa shape index (κ2) is 5.83. The van der Waals surface area contributed by atoms with E-state index in [1.807, 2.05) is 5.38 Å². The van der Waals surface area contributed by atoms with Gasteiger partial charge in [0.05, 0.1) is 5.75 Å². The number of nitrogens with zero attached hydrogens (tertiary/aromatic N) is 1. The molecule has 0 aliphatic heterocycles. The molecule has 0 aromatic carbocycles. The molecule has 0 spiro atoms. The molecular weight excluding hydrogens is 276 g/mol. The lowest BCUT2D eigenvalue weighted by atomic mass is 9.84. The summed E-state index contributed by atoms with van der Waals surface area (Å²) >= 11 is 3.12. The van der Waals surface area contributed by atoms with Crippen molar-refractivity contribution in [2.75, 3.05) is 5.75 Å². The molecule has 5 heteroatoms. The molecule has 3 rings (SSSR count). The zero-order valence-electron chi connectivity index (χ0n) is 11.2. The van der Waals surface area contributed by atoms with Crippen LogP contribution in [-0.4, -0.2) is 22.7 Å². The van der Waals surface area contributed by atoms with E-state index < -0.39 is 0 Å². The van der Waals surface area contributed by atoms with Crippen LogP contribution in [0.4, 0.5) is 0 Å². The van der Waals surface area contributed by atoms with E-state index in [1.54, 1.807) is 17.5 Å². The van der Waals surface area contributed by atoms with Crippen molar-refractivity contribution in [3.63, 3.8) is 0 Å². The van der Waals surface area contributed by atoms with Gasteiger partial charge in [-0.2, -0.15) is 0 Å². The average Bonchev–Trinajstić information content (AvgIpc) is 3.13. The summed E-state index contributed by atoms with van der Waals surface area (Å²) in [6.45, 7) is 2.18. The van der Waals surface area contributed by atoms with E-state index in [1.165, 1.54) is 37.4 Å². The van der Waals surface area contributed by atoms with Crippen molar-refractivity contribution < 1.29 is 4.79 Å². The Bertz CT molecular complexity index is 435. The van der Waals surface area contributed by atoms with Gasteiger partial charge in [-0.1, -0.05) is 18.2 Å². The maximum atomic E-state index is 12.0. The van der Waals surface area contributed by atoms with E-state index >= 15 is 0 Å². The highest BCUT2D eigenvalue weighted by molar-refractivity contribution is 8.01. The number of amides is 1. The quantitative estimate of drug-likeness (QED) is 0.849. The first-order valence-corrected chi connectivity index (χ1v) is 8.90. The minimum Gasteiger partial charge on any atom is -0.353 e. The fraction of sp³-hybridized carbons (Fsp3) is 0.714. The molecule has 0 radical (unpaired) electrons. The Kier molecular flexibility index (Phi) is 4.12. The minimum absolute atomic E-state index is 0.149. The highest BCUT2D eigenvalue weighted by Crippen LogP contribution is 2.49. The summed E-state index contributed by atoms with van der Waals surface area (Å²) in [6.07, 6.45) is 7.30. The van der Waals surface area contributed by atoms with Gasteiger partial charge in [-0.15, -0.1) is 11.3 Å². The van der Waals surface area contributed by atoms with Crippen LogP contribution in [-0.2, 0) is 4.79 Å². The lowest BCUT2D eigenvalue weighted by Crippen LogP contribution is -2.40. The maximum absolute atomic E-state index is 12.0. The number of hydrogen-bond acceptors (Lipinski definition) is 4. The third-order valence-electron chi connectivity index (χ3n) is 4.56. The van der Waals surface area contributed by atoms with Crippen LogP contribution in [0.25, 0.3) is 0 Å². The Balaban J connectivity index is 1.44. The second-order valence-corrected chi connectivity index (χ2v) is 7.90. The molecule has 2 aliphatic carbocycles. The third kappa shape index (κ3) is 3.14.